The Morgan fingerprint density at radius 3 is 2.54 bits per heavy atom. The molecule has 2 aromatic carbocycles. The van der Waals surface area contributed by atoms with Crippen molar-refractivity contribution in [1.29, 1.82) is 5.26 Å². The van der Waals surface area contributed by atoms with Crippen LogP contribution in [0.5, 0.6) is 28.7 Å². The van der Waals surface area contributed by atoms with Crippen LogP contribution < -0.4 is 14.2 Å². The van der Waals surface area contributed by atoms with E-state index in [1.807, 2.05) is 20.9 Å². The fourth-order valence-corrected chi connectivity index (χ4v) is 7.25. The second-order valence-corrected chi connectivity index (χ2v) is 10.2. The number of hydrogen-bond acceptors (Lipinski definition) is 8. The van der Waals surface area contributed by atoms with Gasteiger partial charge in [-0.3, -0.25) is 9.80 Å². The van der Waals surface area contributed by atoms with Crippen LogP contribution >= 0.6 is 0 Å². The summed E-state index contributed by atoms with van der Waals surface area (Å²) in [4.78, 5) is 4.57. The summed E-state index contributed by atoms with van der Waals surface area (Å²) in [5.41, 5.74) is 5.30. The van der Waals surface area contributed by atoms with Gasteiger partial charge in [0.1, 0.15) is 11.8 Å². The van der Waals surface area contributed by atoms with Crippen molar-refractivity contribution in [2.45, 2.75) is 70.2 Å². The Balaban J connectivity index is 1.61. The molecule has 4 aliphatic heterocycles. The fraction of sp³-hybridized carbons (Fsp3) is 0.519. The van der Waals surface area contributed by atoms with Gasteiger partial charge in [0.2, 0.25) is 6.79 Å². The maximum Gasteiger partial charge on any atom is 0.231 e. The maximum atomic E-state index is 11.4. The number of methoxy groups -OCH3 is 1. The SMILES string of the molecule is CC[C@H]1c2c(c(O)c(C)c3c2OCO3)CC2[C@@H]3c4c(cc(C)c(OC)c4O)C[C@@H]([C@H](C#N)N21)N3C. The zero-order chi connectivity index (χ0) is 24.8. The summed E-state index contributed by atoms with van der Waals surface area (Å²) in [5, 5.41) is 33.1. The molecule has 0 saturated carbocycles. The van der Waals surface area contributed by atoms with Crippen LogP contribution in [-0.2, 0) is 12.8 Å². The van der Waals surface area contributed by atoms with E-state index in [1.54, 1.807) is 7.11 Å². The molecule has 184 valence electrons. The summed E-state index contributed by atoms with van der Waals surface area (Å²) in [6.07, 6.45) is 1.95. The average molecular weight is 478 g/mol. The molecule has 1 unspecified atom stereocenters. The Kier molecular flexibility index (Phi) is 4.89. The molecule has 8 nitrogen and oxygen atoms in total. The minimum Gasteiger partial charge on any atom is -0.507 e. The van der Waals surface area contributed by atoms with Gasteiger partial charge in [0, 0.05) is 40.4 Å². The second-order valence-electron chi connectivity index (χ2n) is 10.2. The highest BCUT2D eigenvalue weighted by atomic mass is 16.7. The number of fused-ring (bicyclic) bond motifs is 9. The van der Waals surface area contributed by atoms with Gasteiger partial charge in [-0.15, -0.1) is 0 Å². The molecule has 4 heterocycles. The number of ether oxygens (including phenoxy) is 3. The lowest BCUT2D eigenvalue weighted by molar-refractivity contribution is -0.0736. The van der Waals surface area contributed by atoms with Crippen LogP contribution in [0.15, 0.2) is 6.07 Å². The van der Waals surface area contributed by atoms with Crippen LogP contribution in [0.2, 0.25) is 0 Å². The van der Waals surface area contributed by atoms with Crippen LogP contribution in [0.4, 0.5) is 0 Å². The van der Waals surface area contributed by atoms with Crippen molar-refractivity contribution < 1.29 is 24.4 Å². The number of piperazine rings is 1. The van der Waals surface area contributed by atoms with Crippen molar-refractivity contribution in [2.24, 2.45) is 0 Å². The molecule has 0 spiro atoms. The smallest absolute Gasteiger partial charge is 0.231 e. The predicted molar refractivity (Wildman–Crippen MR) is 128 cm³/mol. The molecule has 2 N–H and O–H groups in total. The largest absolute Gasteiger partial charge is 0.507 e. The number of nitrogens with zero attached hydrogens (tertiary/aromatic N) is 3. The number of aryl methyl sites for hydroxylation is 1. The van der Waals surface area contributed by atoms with Gasteiger partial charge in [-0.1, -0.05) is 13.0 Å². The molecule has 35 heavy (non-hydrogen) atoms. The molecule has 5 atom stereocenters. The third-order valence-corrected chi connectivity index (χ3v) is 8.68. The van der Waals surface area contributed by atoms with E-state index in [0.717, 1.165) is 34.2 Å². The molecule has 4 aliphatic rings. The Morgan fingerprint density at radius 2 is 1.86 bits per heavy atom. The lowest BCUT2D eigenvalue weighted by Gasteiger charge is -2.60. The number of benzene rings is 2. The van der Waals surface area contributed by atoms with Crippen molar-refractivity contribution in [3.8, 4) is 34.8 Å². The van der Waals surface area contributed by atoms with Crippen molar-refractivity contribution in [3.05, 3.63) is 39.4 Å². The number of hydrogen-bond donors (Lipinski definition) is 2. The summed E-state index contributed by atoms with van der Waals surface area (Å²) in [6, 6.07) is 3.94. The molecule has 0 aromatic heterocycles. The first kappa shape index (κ1) is 22.3. The normalized spacial score (nSPS) is 28.6. The number of phenolic OH excluding ortho intramolecular Hbond substituents is 2. The van der Waals surface area contributed by atoms with Crippen LogP contribution in [0.1, 0.15) is 58.8 Å². The van der Waals surface area contributed by atoms with E-state index in [9.17, 15) is 15.5 Å². The fourth-order valence-electron chi connectivity index (χ4n) is 7.25. The number of rotatable bonds is 2. The van der Waals surface area contributed by atoms with E-state index in [1.165, 1.54) is 0 Å². The molecule has 6 rings (SSSR count). The maximum absolute atomic E-state index is 11.4. The third-order valence-electron chi connectivity index (χ3n) is 8.68. The van der Waals surface area contributed by atoms with Crippen LogP contribution in [0.25, 0.3) is 0 Å². The van der Waals surface area contributed by atoms with Gasteiger partial charge in [-0.25, -0.2) is 0 Å². The van der Waals surface area contributed by atoms with Crippen LogP contribution in [-0.4, -0.2) is 59.1 Å². The lowest BCUT2D eigenvalue weighted by Crippen LogP contribution is -2.68. The minimum absolute atomic E-state index is 0.0270. The zero-order valence-electron chi connectivity index (χ0n) is 20.8. The van der Waals surface area contributed by atoms with Crippen molar-refractivity contribution in [2.75, 3.05) is 21.0 Å². The summed E-state index contributed by atoms with van der Waals surface area (Å²) in [7, 11) is 3.63. The van der Waals surface area contributed by atoms with Gasteiger partial charge in [0.05, 0.1) is 19.2 Å². The van der Waals surface area contributed by atoms with Crippen molar-refractivity contribution >= 4 is 0 Å². The van der Waals surface area contributed by atoms with E-state index in [0.29, 0.717) is 35.7 Å². The first-order valence-corrected chi connectivity index (χ1v) is 12.3. The standard InChI is InChI=1S/C27H31N3O5/c1-6-16-21-15(23(31)13(3)26-27(21)35-11-34-26)9-18-22-20-14(7-12(2)25(33-5)24(20)32)8-17(29(22)4)19(10-28)30(16)18/h7,16-19,22,31-32H,6,8-9,11H2,1-5H3/t16-,17-,18?,19-,22+/m0/s1. The zero-order valence-corrected chi connectivity index (χ0v) is 20.8. The van der Waals surface area contributed by atoms with E-state index in [4.69, 9.17) is 14.2 Å². The summed E-state index contributed by atoms with van der Waals surface area (Å²) in [5.74, 6) is 2.21. The lowest BCUT2D eigenvalue weighted by atomic mass is 9.71. The molecular weight excluding hydrogens is 446 g/mol. The summed E-state index contributed by atoms with van der Waals surface area (Å²) < 4.78 is 17.2. The van der Waals surface area contributed by atoms with Gasteiger partial charge in [0.25, 0.3) is 0 Å². The molecule has 8 heteroatoms. The molecule has 1 saturated heterocycles. The van der Waals surface area contributed by atoms with E-state index < -0.39 is 0 Å². The van der Waals surface area contributed by atoms with E-state index in [-0.39, 0.29) is 48.5 Å². The Bertz CT molecular complexity index is 1290. The van der Waals surface area contributed by atoms with Crippen LogP contribution in [0.3, 0.4) is 0 Å². The van der Waals surface area contributed by atoms with Crippen molar-refractivity contribution in [3.63, 3.8) is 0 Å². The number of aromatic hydroxyl groups is 2. The second kappa shape index (κ2) is 7.67. The van der Waals surface area contributed by atoms with Gasteiger partial charge < -0.3 is 24.4 Å². The predicted octanol–water partition coefficient (Wildman–Crippen LogP) is 3.63. The van der Waals surface area contributed by atoms with Gasteiger partial charge in [-0.2, -0.15) is 5.26 Å². The van der Waals surface area contributed by atoms with Crippen molar-refractivity contribution in [1.82, 2.24) is 9.80 Å². The monoisotopic (exact) mass is 477 g/mol. The Morgan fingerprint density at radius 1 is 1.11 bits per heavy atom. The van der Waals surface area contributed by atoms with Gasteiger partial charge in [0.15, 0.2) is 23.0 Å². The van der Waals surface area contributed by atoms with E-state index >= 15 is 0 Å². The first-order chi connectivity index (χ1) is 16.8. The molecule has 2 aromatic rings. The molecule has 0 amide bonds. The molecule has 1 fully saturated rings. The first-order valence-electron chi connectivity index (χ1n) is 12.3. The van der Waals surface area contributed by atoms with E-state index in [2.05, 4.69) is 28.9 Å². The number of nitriles is 1. The highest BCUT2D eigenvalue weighted by Gasteiger charge is 2.56. The Hall–Kier alpha value is -3.15. The molecular formula is C27H31N3O5. The third kappa shape index (κ3) is 2.74. The van der Waals surface area contributed by atoms with Crippen LogP contribution in [0, 0.1) is 25.2 Å². The quantitative estimate of drug-likeness (QED) is 0.677. The number of likely N-dealkylation sites (N-methyl/N-ethyl adjacent to an activating group) is 1. The van der Waals surface area contributed by atoms with Gasteiger partial charge >= 0.3 is 0 Å². The molecule has 0 aliphatic carbocycles. The topological polar surface area (TPSA) is 98.4 Å². The highest BCUT2D eigenvalue weighted by molar-refractivity contribution is 5.66. The summed E-state index contributed by atoms with van der Waals surface area (Å²) in [6.45, 7) is 6.03. The molecule has 2 bridgehead atoms. The Labute approximate surface area is 205 Å². The molecule has 0 radical (unpaired) electrons. The average Bonchev–Trinajstić information content (AvgIpc) is 3.32. The number of phenols is 2. The highest BCUT2D eigenvalue weighted by Crippen LogP contribution is 2.58. The van der Waals surface area contributed by atoms with Gasteiger partial charge in [-0.05, 0) is 51.3 Å². The summed E-state index contributed by atoms with van der Waals surface area (Å²) >= 11 is 0. The minimum atomic E-state index is -0.349.